The zero-order valence-corrected chi connectivity index (χ0v) is 19.8. The van der Waals surface area contributed by atoms with Crippen molar-refractivity contribution in [1.29, 1.82) is 0 Å². The molecule has 2 aromatic rings. The largest absolute Gasteiger partial charge is 0.341 e. The highest BCUT2D eigenvalue weighted by atomic mass is 16.5. The fourth-order valence-electron chi connectivity index (χ4n) is 4.75. The summed E-state index contributed by atoms with van der Waals surface area (Å²) in [5, 5.41) is 15.0. The molecule has 1 fully saturated rings. The zero-order valence-electron chi connectivity index (χ0n) is 19.8. The van der Waals surface area contributed by atoms with Gasteiger partial charge in [0.15, 0.2) is 0 Å². The first-order chi connectivity index (χ1) is 16.4. The van der Waals surface area contributed by atoms with Crippen LogP contribution in [0.1, 0.15) is 57.4 Å². The number of hydrogen-bond acceptors (Lipinski definition) is 4. The lowest BCUT2D eigenvalue weighted by Gasteiger charge is -2.40. The Morgan fingerprint density at radius 3 is 2.21 bits per heavy atom. The Morgan fingerprint density at radius 2 is 1.59 bits per heavy atom. The van der Waals surface area contributed by atoms with Gasteiger partial charge in [-0.25, -0.2) is 5.48 Å². The molecular weight excluding hydrogens is 430 g/mol. The Bertz CT molecular complexity index is 945. The third-order valence-electron chi connectivity index (χ3n) is 6.86. The standard InChI is InChI=1S/C27H35N3O4/c1-27(22-13-7-3-8-14-22,26(33)28-23-15-9-4-10-16-23)29-25(32)21(19-24(31)30-34)18-17-20-11-5-2-6-12-20/h2,4-6,9-12,15-16,21-22,34H,3,7-8,13-14,17-19H2,1H3,(H,28,33)(H,29,32)(H,30,31). The van der Waals surface area contributed by atoms with Gasteiger partial charge in [0.2, 0.25) is 17.7 Å². The number of hydroxylamine groups is 1. The minimum absolute atomic E-state index is 0.00430. The van der Waals surface area contributed by atoms with Crippen molar-refractivity contribution in [1.82, 2.24) is 10.8 Å². The van der Waals surface area contributed by atoms with Crippen LogP contribution in [-0.4, -0.2) is 28.5 Å². The van der Waals surface area contributed by atoms with Crippen molar-refractivity contribution < 1.29 is 19.6 Å². The molecular formula is C27H35N3O4. The molecule has 0 heterocycles. The van der Waals surface area contributed by atoms with Crippen LogP contribution in [0.15, 0.2) is 60.7 Å². The highest BCUT2D eigenvalue weighted by molar-refractivity contribution is 6.01. The normalized spacial score (nSPS) is 16.6. The molecule has 2 unspecified atom stereocenters. The van der Waals surface area contributed by atoms with Gasteiger partial charge in [0.1, 0.15) is 5.54 Å². The van der Waals surface area contributed by atoms with Crippen molar-refractivity contribution in [3.05, 3.63) is 66.2 Å². The minimum Gasteiger partial charge on any atom is -0.341 e. The lowest BCUT2D eigenvalue weighted by atomic mass is 9.74. The molecule has 0 radical (unpaired) electrons. The summed E-state index contributed by atoms with van der Waals surface area (Å²) in [5.41, 5.74) is 2.24. The molecule has 7 nitrogen and oxygen atoms in total. The van der Waals surface area contributed by atoms with Crippen LogP contribution >= 0.6 is 0 Å². The molecule has 34 heavy (non-hydrogen) atoms. The van der Waals surface area contributed by atoms with Crippen molar-refractivity contribution in [3.63, 3.8) is 0 Å². The van der Waals surface area contributed by atoms with Crippen molar-refractivity contribution in [2.75, 3.05) is 5.32 Å². The molecule has 0 aliphatic heterocycles. The molecule has 0 spiro atoms. The summed E-state index contributed by atoms with van der Waals surface area (Å²) in [6, 6.07) is 18.9. The Labute approximate surface area is 201 Å². The van der Waals surface area contributed by atoms with E-state index in [1.54, 1.807) is 12.4 Å². The van der Waals surface area contributed by atoms with E-state index in [0.29, 0.717) is 18.5 Å². The van der Waals surface area contributed by atoms with Crippen LogP contribution in [0, 0.1) is 11.8 Å². The summed E-state index contributed by atoms with van der Waals surface area (Å²) in [5.74, 6) is -1.92. The van der Waals surface area contributed by atoms with Crippen LogP contribution < -0.4 is 16.1 Å². The number of amides is 3. The van der Waals surface area contributed by atoms with Crippen molar-refractivity contribution >= 4 is 23.4 Å². The fourth-order valence-corrected chi connectivity index (χ4v) is 4.75. The number of carbonyl (C=O) groups is 3. The summed E-state index contributed by atoms with van der Waals surface area (Å²) < 4.78 is 0. The van der Waals surface area contributed by atoms with Crippen LogP contribution in [0.3, 0.4) is 0 Å². The van der Waals surface area contributed by atoms with E-state index in [0.717, 1.165) is 37.7 Å². The number of anilines is 1. The van der Waals surface area contributed by atoms with E-state index in [9.17, 15) is 14.4 Å². The number of nitrogens with one attached hydrogen (secondary N) is 3. The maximum absolute atomic E-state index is 13.5. The topological polar surface area (TPSA) is 108 Å². The molecule has 0 aromatic heterocycles. The first-order valence-electron chi connectivity index (χ1n) is 12.1. The predicted octanol–water partition coefficient (Wildman–Crippen LogP) is 4.22. The molecule has 0 saturated heterocycles. The van der Waals surface area contributed by atoms with Gasteiger partial charge in [-0.2, -0.15) is 0 Å². The van der Waals surface area contributed by atoms with Crippen LogP contribution in [0.25, 0.3) is 0 Å². The van der Waals surface area contributed by atoms with Gasteiger partial charge < -0.3 is 10.6 Å². The fraction of sp³-hybridized carbons (Fsp3) is 0.444. The van der Waals surface area contributed by atoms with E-state index in [1.807, 2.05) is 60.7 Å². The summed E-state index contributed by atoms with van der Waals surface area (Å²) in [7, 11) is 0. The summed E-state index contributed by atoms with van der Waals surface area (Å²) in [4.78, 5) is 38.9. The Balaban J connectivity index is 1.79. The quantitative estimate of drug-likeness (QED) is 0.311. The average Bonchev–Trinajstić information content (AvgIpc) is 2.87. The highest BCUT2D eigenvalue weighted by Gasteiger charge is 2.44. The molecule has 4 N–H and O–H groups in total. The van der Waals surface area contributed by atoms with Gasteiger partial charge in [0, 0.05) is 18.0 Å². The van der Waals surface area contributed by atoms with Gasteiger partial charge in [-0.3, -0.25) is 19.6 Å². The lowest BCUT2D eigenvalue weighted by Crippen LogP contribution is -2.61. The SMILES string of the molecule is CC(NC(=O)C(CCc1ccccc1)CC(=O)NO)(C(=O)Nc1ccccc1)C1CCCCC1. The van der Waals surface area contributed by atoms with Crippen LogP contribution in [0.5, 0.6) is 0 Å². The molecule has 1 aliphatic carbocycles. The van der Waals surface area contributed by atoms with Crippen LogP contribution in [-0.2, 0) is 20.8 Å². The van der Waals surface area contributed by atoms with Gasteiger partial charge in [0.05, 0.1) is 0 Å². The van der Waals surface area contributed by atoms with E-state index in [2.05, 4.69) is 10.6 Å². The zero-order chi connectivity index (χ0) is 24.4. The summed E-state index contributed by atoms with van der Waals surface area (Å²) >= 11 is 0. The summed E-state index contributed by atoms with van der Waals surface area (Å²) in [6.07, 6.45) is 5.72. The van der Waals surface area contributed by atoms with Crippen LogP contribution in [0.2, 0.25) is 0 Å². The third kappa shape index (κ3) is 6.90. The van der Waals surface area contributed by atoms with E-state index >= 15 is 0 Å². The number of carbonyl (C=O) groups excluding carboxylic acids is 3. The second-order valence-corrected chi connectivity index (χ2v) is 9.31. The average molecular weight is 466 g/mol. The monoisotopic (exact) mass is 465 g/mol. The van der Waals surface area contributed by atoms with Gasteiger partial charge >= 0.3 is 0 Å². The van der Waals surface area contributed by atoms with E-state index in [1.165, 1.54) is 0 Å². The molecule has 1 saturated carbocycles. The Morgan fingerprint density at radius 1 is 0.971 bits per heavy atom. The van der Waals surface area contributed by atoms with E-state index < -0.39 is 17.4 Å². The molecule has 2 atom stereocenters. The summed E-state index contributed by atoms with van der Waals surface area (Å²) in [6.45, 7) is 1.79. The van der Waals surface area contributed by atoms with E-state index in [-0.39, 0.29) is 24.2 Å². The minimum atomic E-state index is -1.12. The number of benzene rings is 2. The lowest BCUT2D eigenvalue weighted by molar-refractivity contribution is -0.138. The second-order valence-electron chi connectivity index (χ2n) is 9.31. The van der Waals surface area contributed by atoms with Gasteiger partial charge in [-0.1, -0.05) is 67.8 Å². The number of hydrogen-bond donors (Lipinski definition) is 4. The number of para-hydroxylation sites is 1. The second kappa shape index (κ2) is 12.3. The predicted molar refractivity (Wildman–Crippen MR) is 131 cm³/mol. The molecule has 1 aliphatic rings. The molecule has 0 bridgehead atoms. The van der Waals surface area contributed by atoms with Gasteiger partial charge in [-0.05, 0) is 56.2 Å². The highest BCUT2D eigenvalue weighted by Crippen LogP contribution is 2.34. The molecule has 3 rings (SSSR count). The van der Waals surface area contributed by atoms with Crippen LogP contribution in [0.4, 0.5) is 5.69 Å². The van der Waals surface area contributed by atoms with Gasteiger partial charge in [0.25, 0.3) is 0 Å². The smallest absolute Gasteiger partial charge is 0.250 e. The molecule has 2 aromatic carbocycles. The van der Waals surface area contributed by atoms with Crippen molar-refractivity contribution in [2.45, 2.75) is 63.8 Å². The van der Waals surface area contributed by atoms with Gasteiger partial charge in [-0.15, -0.1) is 0 Å². The van der Waals surface area contributed by atoms with E-state index in [4.69, 9.17) is 5.21 Å². The Hall–Kier alpha value is -3.19. The first kappa shape index (κ1) is 25.4. The maximum atomic E-state index is 13.5. The first-order valence-corrected chi connectivity index (χ1v) is 12.1. The number of aryl methyl sites for hydroxylation is 1. The molecule has 3 amide bonds. The third-order valence-corrected chi connectivity index (χ3v) is 6.86. The number of rotatable bonds is 10. The Kier molecular flexibility index (Phi) is 9.22. The molecule has 7 heteroatoms. The van der Waals surface area contributed by atoms with Crippen molar-refractivity contribution in [3.8, 4) is 0 Å². The van der Waals surface area contributed by atoms with Crippen molar-refractivity contribution in [2.24, 2.45) is 11.8 Å². The maximum Gasteiger partial charge on any atom is 0.250 e. The molecule has 182 valence electrons.